The van der Waals surface area contributed by atoms with Gasteiger partial charge in [0.25, 0.3) is 0 Å². The van der Waals surface area contributed by atoms with Crippen LogP contribution in [0.3, 0.4) is 0 Å². The summed E-state index contributed by atoms with van der Waals surface area (Å²) in [6.07, 6.45) is -2.87. The summed E-state index contributed by atoms with van der Waals surface area (Å²) < 4.78 is 38.4. The number of nitrogens with zero attached hydrogens (tertiary/aromatic N) is 2. The van der Waals surface area contributed by atoms with Crippen molar-refractivity contribution in [1.29, 1.82) is 0 Å². The molecule has 0 aliphatic heterocycles. The van der Waals surface area contributed by atoms with Gasteiger partial charge in [-0.1, -0.05) is 17.7 Å². The average molecular weight is 277 g/mol. The van der Waals surface area contributed by atoms with Crippen LogP contribution >= 0.6 is 11.6 Å². The number of aromatic nitrogens is 2. The van der Waals surface area contributed by atoms with Gasteiger partial charge in [-0.15, -0.1) is 0 Å². The molecule has 0 atom stereocenters. The molecule has 0 aliphatic carbocycles. The topological polar surface area (TPSA) is 38.0 Å². The fourth-order valence-corrected chi connectivity index (χ4v) is 1.65. The van der Waals surface area contributed by atoms with Crippen molar-refractivity contribution in [2.75, 3.05) is 0 Å². The van der Waals surface area contributed by atoms with E-state index >= 15 is 0 Å². The molecule has 0 radical (unpaired) electrons. The minimum Gasteiger partial charge on any atom is -0.392 e. The Balaban J connectivity index is 2.49. The van der Waals surface area contributed by atoms with Crippen LogP contribution in [0.25, 0.3) is 5.69 Å². The third kappa shape index (κ3) is 2.49. The van der Waals surface area contributed by atoms with Gasteiger partial charge in [0.1, 0.15) is 0 Å². The highest BCUT2D eigenvalue weighted by atomic mass is 35.5. The Labute approximate surface area is 105 Å². The molecular formula is C11H8ClF3N2O. The van der Waals surface area contributed by atoms with Gasteiger partial charge in [-0.2, -0.15) is 18.3 Å². The molecule has 2 rings (SSSR count). The quantitative estimate of drug-likeness (QED) is 0.915. The Bertz CT molecular complexity index is 566. The van der Waals surface area contributed by atoms with E-state index in [2.05, 4.69) is 5.10 Å². The number of hydrogen-bond donors (Lipinski definition) is 1. The summed E-state index contributed by atoms with van der Waals surface area (Å²) in [7, 11) is 0. The second-order valence-electron chi connectivity index (χ2n) is 3.60. The Morgan fingerprint density at radius 3 is 2.61 bits per heavy atom. The molecule has 0 saturated heterocycles. The molecule has 0 saturated carbocycles. The summed E-state index contributed by atoms with van der Waals surface area (Å²) in [5, 5.41) is 13.1. The maximum absolute atomic E-state index is 12.4. The van der Waals surface area contributed by atoms with Gasteiger partial charge in [-0.25, -0.2) is 4.68 Å². The van der Waals surface area contributed by atoms with E-state index in [4.69, 9.17) is 16.7 Å². The van der Waals surface area contributed by atoms with E-state index in [9.17, 15) is 13.2 Å². The van der Waals surface area contributed by atoms with Crippen molar-refractivity contribution in [2.45, 2.75) is 12.8 Å². The van der Waals surface area contributed by atoms with Crippen LogP contribution in [0.1, 0.15) is 11.1 Å². The Morgan fingerprint density at radius 1 is 1.33 bits per heavy atom. The Kier molecular flexibility index (Phi) is 3.32. The summed E-state index contributed by atoms with van der Waals surface area (Å²) >= 11 is 5.78. The molecule has 1 aromatic carbocycles. The lowest BCUT2D eigenvalue weighted by Crippen LogP contribution is -2.04. The molecule has 3 nitrogen and oxygen atoms in total. The van der Waals surface area contributed by atoms with E-state index in [0.717, 1.165) is 17.1 Å². The fraction of sp³-hybridized carbons (Fsp3) is 0.182. The van der Waals surface area contributed by atoms with Crippen molar-refractivity contribution in [3.63, 3.8) is 0 Å². The first-order chi connectivity index (χ1) is 8.41. The van der Waals surface area contributed by atoms with Crippen LogP contribution < -0.4 is 0 Å². The average Bonchev–Trinajstić information content (AvgIpc) is 2.77. The summed E-state index contributed by atoms with van der Waals surface area (Å²) in [4.78, 5) is 0. The summed E-state index contributed by atoms with van der Waals surface area (Å²) in [6, 6.07) is 4.53. The smallest absolute Gasteiger partial charge is 0.392 e. The van der Waals surface area contributed by atoms with Crippen molar-refractivity contribution >= 4 is 11.6 Å². The third-order valence-corrected chi connectivity index (χ3v) is 2.61. The van der Waals surface area contributed by atoms with Crippen molar-refractivity contribution in [2.24, 2.45) is 0 Å². The number of alkyl halides is 3. The van der Waals surface area contributed by atoms with Gasteiger partial charge in [-0.05, 0) is 12.1 Å². The lowest BCUT2D eigenvalue weighted by atomic mass is 10.2. The molecule has 1 heterocycles. The van der Waals surface area contributed by atoms with E-state index in [1.807, 2.05) is 0 Å². The molecule has 0 fully saturated rings. The number of rotatable bonds is 2. The molecule has 0 bridgehead atoms. The predicted octanol–water partition coefficient (Wildman–Crippen LogP) is 3.04. The lowest BCUT2D eigenvalue weighted by molar-refractivity contribution is -0.137. The van der Waals surface area contributed by atoms with Gasteiger partial charge in [0, 0.05) is 16.8 Å². The lowest BCUT2D eigenvalue weighted by Gasteiger charge is -2.08. The maximum atomic E-state index is 12.4. The van der Waals surface area contributed by atoms with E-state index < -0.39 is 11.7 Å². The predicted molar refractivity (Wildman–Crippen MR) is 59.5 cm³/mol. The molecule has 0 unspecified atom stereocenters. The Hall–Kier alpha value is -1.53. The zero-order chi connectivity index (χ0) is 13.3. The maximum Gasteiger partial charge on any atom is 0.419 e. The second-order valence-corrected chi connectivity index (χ2v) is 4.04. The Morgan fingerprint density at radius 2 is 2.06 bits per heavy atom. The third-order valence-electron chi connectivity index (χ3n) is 2.37. The van der Waals surface area contributed by atoms with Crippen LogP contribution in [0.15, 0.2) is 30.6 Å². The molecule has 0 aliphatic rings. The summed E-state index contributed by atoms with van der Waals surface area (Å²) in [5.41, 5.74) is -0.0944. The van der Waals surface area contributed by atoms with Crippen molar-refractivity contribution in [1.82, 2.24) is 9.78 Å². The highest BCUT2D eigenvalue weighted by molar-refractivity contribution is 6.30. The van der Waals surface area contributed by atoms with Crippen LogP contribution in [-0.4, -0.2) is 14.9 Å². The van der Waals surface area contributed by atoms with Gasteiger partial charge in [0.05, 0.1) is 24.1 Å². The van der Waals surface area contributed by atoms with Crippen LogP contribution in [0.2, 0.25) is 5.02 Å². The first-order valence-electron chi connectivity index (χ1n) is 4.93. The van der Waals surface area contributed by atoms with Crippen LogP contribution in [0.5, 0.6) is 0 Å². The van der Waals surface area contributed by atoms with E-state index in [1.54, 1.807) is 6.07 Å². The molecule has 0 amide bonds. The largest absolute Gasteiger partial charge is 0.419 e. The first kappa shape index (κ1) is 12.9. The van der Waals surface area contributed by atoms with Gasteiger partial charge >= 0.3 is 6.18 Å². The highest BCUT2D eigenvalue weighted by Gasteiger charge is 2.32. The number of hydrogen-bond acceptors (Lipinski definition) is 2. The molecule has 96 valence electrons. The molecule has 0 spiro atoms. The van der Waals surface area contributed by atoms with E-state index in [1.165, 1.54) is 12.1 Å². The molecule has 1 N–H and O–H groups in total. The molecule has 18 heavy (non-hydrogen) atoms. The van der Waals surface area contributed by atoms with Gasteiger partial charge in [-0.3, -0.25) is 0 Å². The normalized spacial score (nSPS) is 11.8. The van der Waals surface area contributed by atoms with Crippen LogP contribution in [0.4, 0.5) is 13.2 Å². The molecule has 2 aromatic rings. The van der Waals surface area contributed by atoms with Crippen LogP contribution in [-0.2, 0) is 12.8 Å². The van der Waals surface area contributed by atoms with Gasteiger partial charge in [0.2, 0.25) is 0 Å². The van der Waals surface area contributed by atoms with Crippen LogP contribution in [0, 0.1) is 0 Å². The minimum absolute atomic E-state index is 0.312. The number of benzene rings is 1. The molecule has 1 aromatic heterocycles. The van der Waals surface area contributed by atoms with Crippen molar-refractivity contribution < 1.29 is 18.3 Å². The first-order valence-corrected chi connectivity index (χ1v) is 5.31. The standard InChI is InChI=1S/C11H8ClF3N2O/c12-9-2-1-7(6-18)10(3-9)17-5-8(4-16-17)11(13,14)15/h1-5,18H,6H2. The molecule has 7 heteroatoms. The highest BCUT2D eigenvalue weighted by Crippen LogP contribution is 2.30. The minimum atomic E-state index is -4.45. The van der Waals surface area contributed by atoms with Crippen molar-refractivity contribution in [3.8, 4) is 5.69 Å². The fourth-order valence-electron chi connectivity index (χ4n) is 1.48. The zero-order valence-electron chi connectivity index (χ0n) is 8.95. The summed E-state index contributed by atoms with van der Waals surface area (Å²) in [5.74, 6) is 0. The molecular weight excluding hydrogens is 269 g/mol. The van der Waals surface area contributed by atoms with Gasteiger partial charge < -0.3 is 5.11 Å². The second kappa shape index (κ2) is 4.62. The van der Waals surface area contributed by atoms with Crippen molar-refractivity contribution in [3.05, 3.63) is 46.7 Å². The number of halogens is 4. The van der Waals surface area contributed by atoms with E-state index in [-0.39, 0.29) is 6.61 Å². The zero-order valence-corrected chi connectivity index (χ0v) is 9.70. The van der Waals surface area contributed by atoms with Gasteiger partial charge in [0.15, 0.2) is 0 Å². The summed E-state index contributed by atoms with van der Waals surface area (Å²) in [6.45, 7) is -0.312. The number of aliphatic hydroxyl groups excluding tert-OH is 1. The number of aliphatic hydroxyl groups is 1. The SMILES string of the molecule is OCc1ccc(Cl)cc1-n1cc(C(F)(F)F)cn1. The van der Waals surface area contributed by atoms with E-state index in [0.29, 0.717) is 16.3 Å². The monoisotopic (exact) mass is 276 g/mol.